The molecule has 14 heteroatoms. The Balaban J connectivity index is 1.80. The van der Waals surface area contributed by atoms with Crippen molar-refractivity contribution in [1.29, 1.82) is 0 Å². The summed E-state index contributed by atoms with van der Waals surface area (Å²) in [6, 6.07) is 0. The van der Waals surface area contributed by atoms with Crippen LogP contribution in [0.2, 0.25) is 0 Å². The quantitative estimate of drug-likeness (QED) is 0.161. The van der Waals surface area contributed by atoms with Crippen molar-refractivity contribution < 1.29 is 69.3 Å². The van der Waals surface area contributed by atoms with E-state index in [4.69, 9.17) is 28.4 Å². The number of aliphatic hydroxyl groups is 8. The van der Waals surface area contributed by atoms with Crippen molar-refractivity contribution in [2.75, 3.05) is 26.9 Å². The Morgan fingerprint density at radius 3 is 1.85 bits per heavy atom. The Morgan fingerprint density at radius 2 is 1.24 bits per heavy atom. The molecule has 3 aliphatic heterocycles. The molecule has 3 rings (SSSR count). The maximum absolute atomic E-state index is 10.8. The molecule has 0 aromatic carbocycles. The van der Waals surface area contributed by atoms with E-state index in [1.165, 1.54) is 7.11 Å². The van der Waals surface area contributed by atoms with E-state index in [2.05, 4.69) is 0 Å². The summed E-state index contributed by atoms with van der Waals surface area (Å²) in [7, 11) is 1.28. The molecule has 0 saturated carbocycles. The normalized spacial score (nSPS) is 49.2. The molecule has 8 N–H and O–H groups in total. The van der Waals surface area contributed by atoms with Crippen LogP contribution in [0.4, 0.5) is 0 Å². The first-order valence-electron chi connectivity index (χ1n) is 10.8. The van der Waals surface area contributed by atoms with Crippen molar-refractivity contribution in [2.45, 2.75) is 92.8 Å². The molecule has 194 valence electrons. The third-order valence-electron chi connectivity index (χ3n) is 6.06. The van der Waals surface area contributed by atoms with Gasteiger partial charge in [-0.25, -0.2) is 0 Å². The van der Waals surface area contributed by atoms with Crippen molar-refractivity contribution in [3.63, 3.8) is 0 Å². The van der Waals surface area contributed by atoms with E-state index in [-0.39, 0.29) is 12.8 Å². The van der Waals surface area contributed by atoms with Gasteiger partial charge >= 0.3 is 0 Å². The second kappa shape index (κ2) is 11.9. The number of rotatable bonds is 8. The first kappa shape index (κ1) is 27.0. The third kappa shape index (κ3) is 5.99. The van der Waals surface area contributed by atoms with Gasteiger partial charge in [0.25, 0.3) is 0 Å². The van der Waals surface area contributed by atoms with Crippen molar-refractivity contribution in [2.24, 2.45) is 0 Å². The largest absolute Gasteiger partial charge is 0.394 e. The van der Waals surface area contributed by atoms with E-state index in [1.54, 1.807) is 0 Å². The minimum absolute atomic E-state index is 0.150. The van der Waals surface area contributed by atoms with Gasteiger partial charge in [0.05, 0.1) is 32.0 Å². The van der Waals surface area contributed by atoms with Gasteiger partial charge in [-0.15, -0.1) is 0 Å². The molecule has 3 saturated heterocycles. The monoisotopic (exact) mass is 486 g/mol. The SMILES string of the molecule is COC1O[C@H](CO)[C@@H](O)[C@H](OC2C[C@@H](O)[C@H](O)[C@@H](CO)O2)[C@H]1O[C@@H]1O[C@H](CO)[C@@H](O)C[C@H]1O. The van der Waals surface area contributed by atoms with Gasteiger partial charge in [-0.3, -0.25) is 0 Å². The molecule has 33 heavy (non-hydrogen) atoms. The van der Waals surface area contributed by atoms with Crippen LogP contribution in [0.25, 0.3) is 0 Å². The number of ether oxygens (including phenoxy) is 6. The summed E-state index contributed by atoms with van der Waals surface area (Å²) in [5.41, 5.74) is 0. The van der Waals surface area contributed by atoms with Crippen molar-refractivity contribution in [1.82, 2.24) is 0 Å². The average molecular weight is 486 g/mol. The minimum Gasteiger partial charge on any atom is -0.394 e. The topological polar surface area (TPSA) is 217 Å². The molecular weight excluding hydrogens is 452 g/mol. The Hall–Kier alpha value is -0.560. The number of hydrogen-bond donors (Lipinski definition) is 8. The first-order chi connectivity index (χ1) is 15.7. The highest BCUT2D eigenvalue weighted by atomic mass is 16.8. The van der Waals surface area contributed by atoms with Gasteiger partial charge in [-0.1, -0.05) is 0 Å². The lowest BCUT2D eigenvalue weighted by atomic mass is 9.97. The van der Waals surface area contributed by atoms with E-state index in [0.29, 0.717) is 0 Å². The molecule has 0 amide bonds. The van der Waals surface area contributed by atoms with E-state index >= 15 is 0 Å². The van der Waals surface area contributed by atoms with Gasteiger partial charge in [0.1, 0.15) is 48.8 Å². The average Bonchev–Trinajstić information content (AvgIpc) is 2.80. The first-order valence-corrected chi connectivity index (χ1v) is 10.8. The summed E-state index contributed by atoms with van der Waals surface area (Å²) in [5.74, 6) is 0. The van der Waals surface area contributed by atoms with Gasteiger partial charge in [-0.2, -0.15) is 0 Å². The molecule has 13 atom stereocenters. The fourth-order valence-corrected chi connectivity index (χ4v) is 4.17. The van der Waals surface area contributed by atoms with E-state index in [0.717, 1.165) is 0 Å². The zero-order valence-electron chi connectivity index (χ0n) is 18.1. The molecule has 0 spiro atoms. The summed E-state index contributed by atoms with van der Waals surface area (Å²) in [5, 5.41) is 79.4. The summed E-state index contributed by atoms with van der Waals surface area (Å²) < 4.78 is 33.4. The summed E-state index contributed by atoms with van der Waals surface area (Å²) in [6.07, 6.45) is -16.5. The standard InChI is InChI=1S/C19H34O14/c1-28-19-17(33-18-9(25)2-7(23)10(4-20)30-18)16(15(27)12(6-22)31-19)32-13-3-8(24)14(26)11(5-21)29-13/h7-27H,2-6H2,1H3/t7-,8+,9+,10+,11+,12+,13?,14-,15+,16-,17+,18-,19?/m0/s1. The fourth-order valence-electron chi connectivity index (χ4n) is 4.17. The maximum Gasteiger partial charge on any atom is 0.186 e. The molecule has 0 aromatic rings. The van der Waals surface area contributed by atoms with Crippen LogP contribution in [0.3, 0.4) is 0 Å². The molecule has 3 aliphatic rings. The lowest BCUT2D eigenvalue weighted by molar-refractivity contribution is -0.376. The van der Waals surface area contributed by atoms with Crippen molar-refractivity contribution in [3.8, 4) is 0 Å². The van der Waals surface area contributed by atoms with Crippen LogP contribution >= 0.6 is 0 Å². The summed E-state index contributed by atoms with van der Waals surface area (Å²) in [6.45, 7) is -1.72. The van der Waals surface area contributed by atoms with Gasteiger partial charge in [0, 0.05) is 20.0 Å². The predicted octanol–water partition coefficient (Wildman–Crippen LogP) is -4.86. The second-order valence-corrected chi connectivity index (χ2v) is 8.33. The molecule has 0 bridgehead atoms. The molecule has 14 nitrogen and oxygen atoms in total. The second-order valence-electron chi connectivity index (χ2n) is 8.33. The Labute approximate surface area is 189 Å². The zero-order chi connectivity index (χ0) is 24.3. The van der Waals surface area contributed by atoms with Gasteiger partial charge in [-0.05, 0) is 0 Å². The van der Waals surface area contributed by atoms with Crippen LogP contribution in [0, 0.1) is 0 Å². The smallest absolute Gasteiger partial charge is 0.186 e. The number of aliphatic hydroxyl groups excluding tert-OH is 8. The molecule has 3 fully saturated rings. The lowest BCUT2D eigenvalue weighted by Gasteiger charge is -2.47. The predicted molar refractivity (Wildman–Crippen MR) is 103 cm³/mol. The van der Waals surface area contributed by atoms with Crippen LogP contribution in [0.5, 0.6) is 0 Å². The minimum atomic E-state index is -1.48. The van der Waals surface area contributed by atoms with E-state index in [9.17, 15) is 40.9 Å². The van der Waals surface area contributed by atoms with Crippen LogP contribution in [0.15, 0.2) is 0 Å². The van der Waals surface area contributed by atoms with Gasteiger partial charge in [0.15, 0.2) is 18.9 Å². The highest BCUT2D eigenvalue weighted by Gasteiger charge is 2.51. The van der Waals surface area contributed by atoms with E-state index < -0.39 is 99.7 Å². The zero-order valence-corrected chi connectivity index (χ0v) is 18.1. The Bertz CT molecular complexity index is 597. The number of methoxy groups -OCH3 is 1. The van der Waals surface area contributed by atoms with Crippen LogP contribution in [-0.4, -0.2) is 148 Å². The highest BCUT2D eigenvalue weighted by Crippen LogP contribution is 2.33. The molecular formula is C19H34O14. The lowest BCUT2D eigenvalue weighted by Crippen LogP contribution is -2.64. The Kier molecular flexibility index (Phi) is 9.76. The van der Waals surface area contributed by atoms with Crippen LogP contribution in [0.1, 0.15) is 12.8 Å². The Morgan fingerprint density at radius 1 is 0.636 bits per heavy atom. The molecule has 3 heterocycles. The van der Waals surface area contributed by atoms with Gasteiger partial charge < -0.3 is 69.3 Å². The molecule has 0 aromatic heterocycles. The van der Waals surface area contributed by atoms with Crippen molar-refractivity contribution >= 4 is 0 Å². The summed E-state index contributed by atoms with van der Waals surface area (Å²) in [4.78, 5) is 0. The highest BCUT2D eigenvalue weighted by molar-refractivity contribution is 4.94. The molecule has 0 aliphatic carbocycles. The fraction of sp³-hybridized carbons (Fsp3) is 1.00. The van der Waals surface area contributed by atoms with Crippen LogP contribution in [-0.2, 0) is 28.4 Å². The van der Waals surface area contributed by atoms with Gasteiger partial charge in [0.2, 0.25) is 0 Å². The van der Waals surface area contributed by atoms with Crippen LogP contribution < -0.4 is 0 Å². The molecule has 2 unspecified atom stereocenters. The maximum atomic E-state index is 10.8. The van der Waals surface area contributed by atoms with Crippen molar-refractivity contribution in [3.05, 3.63) is 0 Å². The summed E-state index contributed by atoms with van der Waals surface area (Å²) >= 11 is 0. The van der Waals surface area contributed by atoms with E-state index in [1.807, 2.05) is 0 Å². The number of hydrogen-bond acceptors (Lipinski definition) is 14. The third-order valence-corrected chi connectivity index (χ3v) is 6.06. The molecule has 0 radical (unpaired) electrons.